The van der Waals surface area contributed by atoms with E-state index < -0.39 is 28.8 Å². The Morgan fingerprint density at radius 3 is 2.11 bits per heavy atom. The van der Waals surface area contributed by atoms with E-state index in [1.54, 1.807) is 0 Å². The van der Waals surface area contributed by atoms with Gasteiger partial charge in [0.2, 0.25) is 5.17 Å². The molecule has 0 amide bonds. The lowest BCUT2D eigenvalue weighted by molar-refractivity contribution is -0.138. The molecule has 0 aliphatic heterocycles. The molecule has 1 rings (SSSR count). The van der Waals surface area contributed by atoms with Crippen molar-refractivity contribution in [3.05, 3.63) is 29.3 Å². The summed E-state index contributed by atoms with van der Waals surface area (Å²) in [5, 5.41) is -1.72. The number of alkyl halides is 6. The lowest BCUT2D eigenvalue weighted by Gasteiger charge is -2.11. The first-order chi connectivity index (χ1) is 8.01. The predicted molar refractivity (Wildman–Crippen MR) is 55.2 cm³/mol. The van der Waals surface area contributed by atoms with Crippen molar-refractivity contribution < 1.29 is 26.3 Å². The highest BCUT2D eigenvalue weighted by atomic mass is 35.5. The van der Waals surface area contributed by atoms with Crippen LogP contribution in [0.4, 0.5) is 32.0 Å². The normalized spacial score (nSPS) is 13.9. The van der Waals surface area contributed by atoms with Crippen LogP contribution in [-0.2, 0) is 6.18 Å². The summed E-state index contributed by atoms with van der Waals surface area (Å²) in [7, 11) is 0. The zero-order chi connectivity index (χ0) is 14.1. The maximum atomic E-state index is 12.5. The molecule has 1 aromatic rings. The zero-order valence-electron chi connectivity index (χ0n) is 8.83. The number of rotatable bonds is 1. The molecule has 1 nitrogen and oxygen atoms in total. The van der Waals surface area contributed by atoms with Crippen molar-refractivity contribution >= 4 is 22.5 Å². The molecule has 0 radical (unpaired) electrons. The van der Waals surface area contributed by atoms with Crippen LogP contribution in [0.3, 0.4) is 0 Å². The summed E-state index contributed by atoms with van der Waals surface area (Å²) in [6, 6.07) is 2.57. The highest BCUT2D eigenvalue weighted by molar-refractivity contribution is 6.67. The molecule has 0 heterocycles. The molecule has 0 saturated heterocycles. The van der Waals surface area contributed by atoms with Crippen LogP contribution in [-0.4, -0.2) is 11.3 Å². The van der Waals surface area contributed by atoms with E-state index in [2.05, 4.69) is 4.99 Å². The van der Waals surface area contributed by atoms with Crippen molar-refractivity contribution in [2.75, 3.05) is 0 Å². The fourth-order valence-electron chi connectivity index (χ4n) is 1.16. The van der Waals surface area contributed by atoms with E-state index in [1.807, 2.05) is 0 Å². The van der Waals surface area contributed by atoms with Gasteiger partial charge in [-0.3, -0.25) is 0 Å². The van der Waals surface area contributed by atoms with Gasteiger partial charge in [-0.1, -0.05) is 17.7 Å². The van der Waals surface area contributed by atoms with Crippen LogP contribution in [0.25, 0.3) is 0 Å². The molecule has 18 heavy (non-hydrogen) atoms. The number of hydrogen-bond donors (Lipinski definition) is 0. The first-order valence-corrected chi connectivity index (χ1v) is 4.89. The van der Waals surface area contributed by atoms with Gasteiger partial charge in [0, 0.05) is 0 Å². The standard InChI is InChI=1S/C10H6ClF6N/c1-5-2-3-6(4-7(5)9(12,13)14)18-8(11)10(15,16)17/h2-4H,1H3. The average molecular weight is 290 g/mol. The quantitative estimate of drug-likeness (QED) is 0.518. The van der Waals surface area contributed by atoms with E-state index in [-0.39, 0.29) is 5.56 Å². The molecule has 8 heteroatoms. The number of aryl methyl sites for hydroxylation is 1. The summed E-state index contributed by atoms with van der Waals surface area (Å²) in [6.45, 7) is 1.20. The number of nitrogens with zero attached hydrogens (tertiary/aromatic N) is 1. The van der Waals surface area contributed by atoms with Gasteiger partial charge in [-0.15, -0.1) is 0 Å². The first kappa shape index (κ1) is 14.8. The predicted octanol–water partition coefficient (Wildman–Crippen LogP) is 4.84. The second-order valence-corrected chi connectivity index (χ2v) is 3.76. The van der Waals surface area contributed by atoms with Gasteiger partial charge in [-0.25, -0.2) is 4.99 Å². The molecular weight excluding hydrogens is 284 g/mol. The fourth-order valence-corrected chi connectivity index (χ4v) is 1.26. The molecule has 100 valence electrons. The first-order valence-electron chi connectivity index (χ1n) is 4.51. The molecule has 0 N–H and O–H groups in total. The average Bonchev–Trinajstić information content (AvgIpc) is 2.17. The van der Waals surface area contributed by atoms with Crippen LogP contribution < -0.4 is 0 Å². The second kappa shape index (κ2) is 4.79. The third kappa shape index (κ3) is 3.63. The van der Waals surface area contributed by atoms with Gasteiger partial charge in [0.05, 0.1) is 11.3 Å². The number of halogens is 7. The second-order valence-electron chi connectivity index (χ2n) is 3.40. The summed E-state index contributed by atoms with van der Waals surface area (Å²) >= 11 is 4.84. The van der Waals surface area contributed by atoms with Crippen LogP contribution in [0.1, 0.15) is 11.1 Å². The van der Waals surface area contributed by atoms with Gasteiger partial charge in [0.25, 0.3) is 0 Å². The van der Waals surface area contributed by atoms with Gasteiger partial charge in [-0.05, 0) is 24.6 Å². The van der Waals surface area contributed by atoms with Gasteiger partial charge < -0.3 is 0 Å². The Morgan fingerprint density at radius 2 is 1.67 bits per heavy atom. The molecule has 0 bridgehead atoms. The van der Waals surface area contributed by atoms with Crippen LogP contribution in [0.5, 0.6) is 0 Å². The van der Waals surface area contributed by atoms with Crippen molar-refractivity contribution in [1.29, 1.82) is 0 Å². The number of benzene rings is 1. The topological polar surface area (TPSA) is 12.4 Å². The summed E-state index contributed by atoms with van der Waals surface area (Å²) < 4.78 is 73.7. The van der Waals surface area contributed by atoms with Gasteiger partial charge in [0.15, 0.2) is 0 Å². The Labute approximate surface area is 103 Å². The van der Waals surface area contributed by atoms with Crippen molar-refractivity contribution in [2.45, 2.75) is 19.3 Å². The van der Waals surface area contributed by atoms with E-state index in [9.17, 15) is 26.3 Å². The van der Waals surface area contributed by atoms with E-state index in [1.165, 1.54) is 6.92 Å². The molecule has 0 aromatic heterocycles. The molecule has 0 aliphatic rings. The Bertz CT molecular complexity index is 474. The van der Waals surface area contributed by atoms with Gasteiger partial charge in [-0.2, -0.15) is 26.3 Å². The molecule has 0 saturated carbocycles. The number of aliphatic imine (C=N–C) groups is 1. The molecular formula is C10H6ClF6N. The van der Waals surface area contributed by atoms with Gasteiger partial charge >= 0.3 is 12.4 Å². The Balaban J connectivity index is 3.23. The minimum atomic E-state index is -4.88. The smallest absolute Gasteiger partial charge is 0.232 e. The maximum Gasteiger partial charge on any atom is 0.444 e. The van der Waals surface area contributed by atoms with Crippen LogP contribution in [0.15, 0.2) is 23.2 Å². The molecule has 1 aromatic carbocycles. The Morgan fingerprint density at radius 1 is 1.11 bits per heavy atom. The SMILES string of the molecule is Cc1ccc(N=C(Cl)C(F)(F)F)cc1C(F)(F)F. The van der Waals surface area contributed by atoms with E-state index in [0.29, 0.717) is 6.07 Å². The molecule has 0 aliphatic carbocycles. The Kier molecular flexibility index (Phi) is 3.95. The van der Waals surface area contributed by atoms with Crippen LogP contribution >= 0.6 is 11.6 Å². The van der Waals surface area contributed by atoms with Crippen LogP contribution in [0, 0.1) is 6.92 Å². The lowest BCUT2D eigenvalue weighted by atomic mass is 10.1. The summed E-state index contributed by atoms with van der Waals surface area (Å²) in [5.41, 5.74) is -1.66. The minimum absolute atomic E-state index is 0.107. The minimum Gasteiger partial charge on any atom is -0.232 e. The third-order valence-electron chi connectivity index (χ3n) is 1.99. The summed E-state index contributed by atoms with van der Waals surface area (Å²) in [5.74, 6) is 0. The Hall–Kier alpha value is -1.24. The van der Waals surface area contributed by atoms with E-state index >= 15 is 0 Å². The van der Waals surface area contributed by atoms with Crippen molar-refractivity contribution in [2.24, 2.45) is 4.99 Å². The van der Waals surface area contributed by atoms with E-state index in [4.69, 9.17) is 11.6 Å². The highest BCUT2D eigenvalue weighted by Crippen LogP contribution is 2.34. The van der Waals surface area contributed by atoms with E-state index in [0.717, 1.165) is 12.1 Å². The molecule has 0 spiro atoms. The molecule has 0 atom stereocenters. The monoisotopic (exact) mass is 289 g/mol. The van der Waals surface area contributed by atoms with Crippen molar-refractivity contribution in [3.8, 4) is 0 Å². The lowest BCUT2D eigenvalue weighted by Crippen LogP contribution is -2.16. The van der Waals surface area contributed by atoms with Crippen LogP contribution in [0.2, 0.25) is 0 Å². The maximum absolute atomic E-state index is 12.5. The highest BCUT2D eigenvalue weighted by Gasteiger charge is 2.35. The van der Waals surface area contributed by atoms with Crippen molar-refractivity contribution in [3.63, 3.8) is 0 Å². The third-order valence-corrected chi connectivity index (χ3v) is 2.29. The van der Waals surface area contributed by atoms with Crippen molar-refractivity contribution in [1.82, 2.24) is 0 Å². The fraction of sp³-hybridized carbons (Fsp3) is 0.300. The number of hydrogen-bond acceptors (Lipinski definition) is 1. The molecule has 0 fully saturated rings. The molecule has 0 unspecified atom stereocenters. The van der Waals surface area contributed by atoms with Gasteiger partial charge in [0.1, 0.15) is 0 Å². The summed E-state index contributed by atoms with van der Waals surface area (Å²) in [4.78, 5) is 2.90. The summed E-state index contributed by atoms with van der Waals surface area (Å²) in [6.07, 6.45) is -9.54. The largest absolute Gasteiger partial charge is 0.444 e. The zero-order valence-corrected chi connectivity index (χ0v) is 9.58.